The zero-order chi connectivity index (χ0) is 24.1. The van der Waals surface area contributed by atoms with E-state index >= 15 is 0 Å². The first-order chi connectivity index (χ1) is 16.5. The van der Waals surface area contributed by atoms with Crippen molar-refractivity contribution in [3.63, 3.8) is 0 Å². The zero-order valence-electron chi connectivity index (χ0n) is 19.5. The van der Waals surface area contributed by atoms with Crippen LogP contribution in [0.15, 0.2) is 66.7 Å². The van der Waals surface area contributed by atoms with Crippen LogP contribution in [0.3, 0.4) is 0 Å². The molecule has 3 aromatic rings. The fourth-order valence-electron chi connectivity index (χ4n) is 4.21. The van der Waals surface area contributed by atoms with E-state index in [1.165, 1.54) is 18.2 Å². The van der Waals surface area contributed by atoms with Crippen LogP contribution in [-0.2, 0) is 4.74 Å². The topological polar surface area (TPSA) is 18.5 Å². The van der Waals surface area contributed by atoms with E-state index in [1.54, 1.807) is 30.3 Å². The SMILES string of the molecule is C/C=C\CCOc1ccc(-c2ccc(-c3ccc(C4CCC(C)CO4)c(F)c3)cc2)c(F)c1F. The highest BCUT2D eigenvalue weighted by atomic mass is 19.2. The third kappa shape index (κ3) is 5.36. The normalized spacial score (nSPS) is 18.4. The molecule has 0 bridgehead atoms. The van der Waals surface area contributed by atoms with Crippen LogP contribution in [0.4, 0.5) is 13.2 Å². The Labute approximate surface area is 199 Å². The zero-order valence-corrected chi connectivity index (χ0v) is 19.5. The van der Waals surface area contributed by atoms with Gasteiger partial charge in [-0.1, -0.05) is 55.5 Å². The van der Waals surface area contributed by atoms with Gasteiger partial charge in [0.25, 0.3) is 0 Å². The highest BCUT2D eigenvalue weighted by Crippen LogP contribution is 2.35. The molecule has 0 amide bonds. The van der Waals surface area contributed by atoms with Gasteiger partial charge in [0.1, 0.15) is 5.82 Å². The number of benzene rings is 3. The van der Waals surface area contributed by atoms with Crippen LogP contribution in [0.5, 0.6) is 5.75 Å². The van der Waals surface area contributed by atoms with Gasteiger partial charge in [-0.3, -0.25) is 0 Å². The largest absolute Gasteiger partial charge is 0.490 e. The molecule has 178 valence electrons. The average Bonchev–Trinajstić information content (AvgIpc) is 2.85. The Bertz CT molecular complexity index is 1150. The molecule has 0 saturated carbocycles. The summed E-state index contributed by atoms with van der Waals surface area (Å²) in [6.45, 7) is 4.94. The Morgan fingerprint density at radius 3 is 2.32 bits per heavy atom. The number of ether oxygens (including phenoxy) is 2. The first-order valence-electron chi connectivity index (χ1n) is 11.7. The van der Waals surface area contributed by atoms with Crippen LogP contribution >= 0.6 is 0 Å². The van der Waals surface area contributed by atoms with Gasteiger partial charge in [0.2, 0.25) is 5.82 Å². The van der Waals surface area contributed by atoms with Crippen LogP contribution < -0.4 is 4.74 Å². The second-order valence-corrected chi connectivity index (χ2v) is 8.76. The summed E-state index contributed by atoms with van der Waals surface area (Å²) in [5.74, 6) is -1.84. The first kappa shape index (κ1) is 24.1. The molecule has 4 rings (SSSR count). The Morgan fingerprint density at radius 1 is 0.912 bits per heavy atom. The molecule has 0 aliphatic carbocycles. The summed E-state index contributed by atoms with van der Waals surface area (Å²) in [7, 11) is 0. The summed E-state index contributed by atoms with van der Waals surface area (Å²) in [5.41, 5.74) is 2.76. The highest BCUT2D eigenvalue weighted by Gasteiger charge is 2.23. The van der Waals surface area contributed by atoms with Crippen molar-refractivity contribution >= 4 is 0 Å². The molecule has 1 aliphatic heterocycles. The maximum atomic E-state index is 14.8. The Balaban J connectivity index is 1.50. The lowest BCUT2D eigenvalue weighted by Crippen LogP contribution is -2.19. The molecule has 0 spiro atoms. The van der Waals surface area contributed by atoms with E-state index in [0.29, 0.717) is 35.6 Å². The van der Waals surface area contributed by atoms with Gasteiger partial charge in [-0.05, 0) is 67.0 Å². The number of rotatable bonds is 7. The van der Waals surface area contributed by atoms with Crippen LogP contribution in [0.2, 0.25) is 0 Å². The van der Waals surface area contributed by atoms with Gasteiger partial charge in [-0.25, -0.2) is 8.78 Å². The summed E-state index contributed by atoms with van der Waals surface area (Å²) >= 11 is 0. The number of allylic oxidation sites excluding steroid dienone is 1. The van der Waals surface area contributed by atoms with Gasteiger partial charge in [0.05, 0.1) is 12.7 Å². The minimum Gasteiger partial charge on any atom is -0.490 e. The Hall–Kier alpha value is -3.05. The first-order valence-corrected chi connectivity index (χ1v) is 11.7. The van der Waals surface area contributed by atoms with Crippen molar-refractivity contribution < 1.29 is 22.6 Å². The molecule has 3 aromatic carbocycles. The van der Waals surface area contributed by atoms with Gasteiger partial charge in [-0.15, -0.1) is 0 Å². The summed E-state index contributed by atoms with van der Waals surface area (Å²) in [6.07, 6.45) is 6.02. The van der Waals surface area contributed by atoms with E-state index in [-0.39, 0.29) is 29.8 Å². The standard InChI is InChI=1S/C29H29F3O2/c1-3-4-5-16-33-27-15-13-23(28(31)29(27)32)21-9-7-20(8-10-21)22-11-12-24(25(30)17-22)26-14-6-19(2)18-34-26/h3-4,7-13,15,17,19,26H,5-6,14,16,18H2,1-2H3/b4-3-. The fraction of sp³-hybridized carbons (Fsp3) is 0.310. The minimum atomic E-state index is -1.00. The predicted molar refractivity (Wildman–Crippen MR) is 129 cm³/mol. The molecular formula is C29H29F3O2. The number of hydrogen-bond donors (Lipinski definition) is 0. The van der Waals surface area contributed by atoms with Gasteiger partial charge < -0.3 is 9.47 Å². The van der Waals surface area contributed by atoms with E-state index in [1.807, 2.05) is 25.1 Å². The van der Waals surface area contributed by atoms with Gasteiger partial charge in [0.15, 0.2) is 11.6 Å². The summed E-state index contributed by atoms with van der Waals surface area (Å²) in [5, 5.41) is 0. The van der Waals surface area contributed by atoms with Gasteiger partial charge >= 0.3 is 0 Å². The Morgan fingerprint density at radius 2 is 1.65 bits per heavy atom. The predicted octanol–water partition coefficient (Wildman–Crippen LogP) is 8.27. The smallest absolute Gasteiger partial charge is 0.201 e. The van der Waals surface area contributed by atoms with E-state index in [4.69, 9.17) is 9.47 Å². The monoisotopic (exact) mass is 466 g/mol. The van der Waals surface area contributed by atoms with Crippen molar-refractivity contribution in [2.75, 3.05) is 13.2 Å². The van der Waals surface area contributed by atoms with Crippen LogP contribution in [0.25, 0.3) is 22.3 Å². The molecule has 1 saturated heterocycles. The average molecular weight is 467 g/mol. The van der Waals surface area contributed by atoms with Crippen LogP contribution in [0.1, 0.15) is 44.8 Å². The van der Waals surface area contributed by atoms with Crippen molar-refractivity contribution in [1.82, 2.24) is 0 Å². The third-order valence-electron chi connectivity index (χ3n) is 6.20. The molecule has 2 unspecified atom stereocenters. The lowest BCUT2D eigenvalue weighted by molar-refractivity contribution is -0.0141. The molecule has 0 radical (unpaired) electrons. The van der Waals surface area contributed by atoms with E-state index < -0.39 is 11.6 Å². The van der Waals surface area contributed by atoms with E-state index in [2.05, 4.69) is 6.92 Å². The molecule has 0 N–H and O–H groups in total. The third-order valence-corrected chi connectivity index (χ3v) is 6.20. The number of hydrogen-bond acceptors (Lipinski definition) is 2. The van der Waals surface area contributed by atoms with Gasteiger partial charge in [0, 0.05) is 17.7 Å². The molecule has 0 aromatic heterocycles. The molecule has 34 heavy (non-hydrogen) atoms. The molecule has 2 atom stereocenters. The lowest BCUT2D eigenvalue weighted by Gasteiger charge is -2.27. The minimum absolute atomic E-state index is 0.102. The van der Waals surface area contributed by atoms with E-state index in [9.17, 15) is 13.2 Å². The summed E-state index contributed by atoms with van der Waals surface area (Å²) in [6, 6.07) is 15.1. The van der Waals surface area contributed by atoms with Crippen molar-refractivity contribution in [3.8, 4) is 28.0 Å². The van der Waals surface area contributed by atoms with Crippen molar-refractivity contribution in [1.29, 1.82) is 0 Å². The summed E-state index contributed by atoms with van der Waals surface area (Å²) in [4.78, 5) is 0. The fourth-order valence-corrected chi connectivity index (χ4v) is 4.21. The maximum absolute atomic E-state index is 14.8. The molecule has 1 aliphatic rings. The lowest BCUT2D eigenvalue weighted by atomic mass is 9.94. The molecule has 2 nitrogen and oxygen atoms in total. The van der Waals surface area contributed by atoms with Crippen LogP contribution in [0, 0.1) is 23.4 Å². The molecule has 1 heterocycles. The molecule has 1 fully saturated rings. The van der Waals surface area contributed by atoms with Crippen molar-refractivity contribution in [2.24, 2.45) is 5.92 Å². The Kier molecular flexibility index (Phi) is 7.73. The van der Waals surface area contributed by atoms with Crippen molar-refractivity contribution in [2.45, 2.75) is 39.2 Å². The second-order valence-electron chi connectivity index (χ2n) is 8.76. The maximum Gasteiger partial charge on any atom is 0.201 e. The van der Waals surface area contributed by atoms with Crippen LogP contribution in [-0.4, -0.2) is 13.2 Å². The van der Waals surface area contributed by atoms with E-state index in [0.717, 1.165) is 18.4 Å². The summed E-state index contributed by atoms with van der Waals surface area (Å²) < 4.78 is 55.2. The number of halogens is 3. The second kappa shape index (κ2) is 10.9. The van der Waals surface area contributed by atoms with Crippen molar-refractivity contribution in [3.05, 3.63) is 89.8 Å². The van der Waals surface area contributed by atoms with Gasteiger partial charge in [-0.2, -0.15) is 4.39 Å². The molecular weight excluding hydrogens is 437 g/mol. The molecule has 5 heteroatoms. The quantitative estimate of drug-likeness (QED) is 0.258. The highest BCUT2D eigenvalue weighted by molar-refractivity contribution is 5.71.